The Morgan fingerprint density at radius 1 is 1.26 bits per heavy atom. The molecule has 0 aliphatic carbocycles. The second kappa shape index (κ2) is 6.55. The van der Waals surface area contributed by atoms with E-state index >= 15 is 0 Å². The number of halogens is 1. The molecule has 106 valence electrons. The lowest BCUT2D eigenvalue weighted by atomic mass is 9.85. The van der Waals surface area contributed by atoms with Crippen molar-refractivity contribution in [1.29, 1.82) is 0 Å². The standard InChI is InChI=1S/C15H21FO3/c1-15(2,3)9-11(14(17)18-4)10-19-13-7-5-12(16)6-8-13/h5-8,11H,9-10H2,1-4H3. The molecule has 1 atom stereocenters. The maximum absolute atomic E-state index is 12.8. The average molecular weight is 268 g/mol. The molecule has 1 aromatic rings. The highest BCUT2D eigenvalue weighted by Gasteiger charge is 2.26. The van der Waals surface area contributed by atoms with E-state index in [2.05, 4.69) is 20.8 Å². The molecule has 0 spiro atoms. The normalized spacial score (nSPS) is 12.9. The number of ether oxygens (including phenoxy) is 2. The largest absolute Gasteiger partial charge is 0.493 e. The van der Waals surface area contributed by atoms with Gasteiger partial charge in [-0.05, 0) is 36.1 Å². The minimum atomic E-state index is -0.324. The zero-order chi connectivity index (χ0) is 14.5. The van der Waals surface area contributed by atoms with Crippen LogP contribution in [0.25, 0.3) is 0 Å². The molecule has 3 nitrogen and oxygen atoms in total. The lowest BCUT2D eigenvalue weighted by molar-refractivity contribution is -0.147. The fourth-order valence-corrected chi connectivity index (χ4v) is 1.84. The molecule has 19 heavy (non-hydrogen) atoms. The molecule has 0 aliphatic rings. The third-order valence-corrected chi connectivity index (χ3v) is 2.66. The molecule has 0 aromatic heterocycles. The number of methoxy groups -OCH3 is 1. The SMILES string of the molecule is COC(=O)C(COc1ccc(F)cc1)CC(C)(C)C. The maximum atomic E-state index is 12.8. The van der Waals surface area contributed by atoms with E-state index in [-0.39, 0.29) is 29.7 Å². The fraction of sp³-hybridized carbons (Fsp3) is 0.533. The van der Waals surface area contributed by atoms with Crippen molar-refractivity contribution >= 4 is 5.97 Å². The number of benzene rings is 1. The molecule has 0 N–H and O–H groups in total. The van der Waals surface area contributed by atoms with Crippen molar-refractivity contribution in [3.63, 3.8) is 0 Å². The highest BCUT2D eigenvalue weighted by Crippen LogP contribution is 2.26. The predicted molar refractivity (Wildman–Crippen MR) is 71.5 cm³/mol. The van der Waals surface area contributed by atoms with Gasteiger partial charge in [-0.3, -0.25) is 4.79 Å². The predicted octanol–water partition coefficient (Wildman–Crippen LogP) is 3.43. The summed E-state index contributed by atoms with van der Waals surface area (Å²) in [5.41, 5.74) is 0.00497. The topological polar surface area (TPSA) is 35.5 Å². The third-order valence-electron chi connectivity index (χ3n) is 2.66. The summed E-state index contributed by atoms with van der Waals surface area (Å²) in [6.07, 6.45) is 0.668. The van der Waals surface area contributed by atoms with Crippen LogP contribution in [0.15, 0.2) is 24.3 Å². The Labute approximate surface area is 113 Å². The van der Waals surface area contributed by atoms with E-state index < -0.39 is 0 Å². The van der Waals surface area contributed by atoms with Gasteiger partial charge in [0.2, 0.25) is 0 Å². The number of carbonyl (C=O) groups is 1. The van der Waals surface area contributed by atoms with Gasteiger partial charge in [0, 0.05) is 0 Å². The number of rotatable bonds is 5. The van der Waals surface area contributed by atoms with Crippen LogP contribution in [0.4, 0.5) is 4.39 Å². The molecule has 0 saturated carbocycles. The van der Waals surface area contributed by atoms with E-state index in [1.807, 2.05) is 0 Å². The van der Waals surface area contributed by atoms with Crippen LogP contribution >= 0.6 is 0 Å². The van der Waals surface area contributed by atoms with Crippen molar-refractivity contribution in [3.8, 4) is 5.75 Å². The third kappa shape index (κ3) is 5.73. The first-order chi connectivity index (χ1) is 8.81. The summed E-state index contributed by atoms with van der Waals surface area (Å²) in [5.74, 6) is -0.372. The Hall–Kier alpha value is -1.58. The maximum Gasteiger partial charge on any atom is 0.312 e. The molecule has 1 rings (SSSR count). The van der Waals surface area contributed by atoms with Gasteiger partial charge in [0.25, 0.3) is 0 Å². The number of hydrogen-bond acceptors (Lipinski definition) is 3. The van der Waals surface area contributed by atoms with Gasteiger partial charge in [0.1, 0.15) is 18.2 Å². The molecule has 0 heterocycles. The van der Waals surface area contributed by atoms with Crippen molar-refractivity contribution < 1.29 is 18.7 Å². The number of carbonyl (C=O) groups excluding carboxylic acids is 1. The Morgan fingerprint density at radius 3 is 2.32 bits per heavy atom. The van der Waals surface area contributed by atoms with Gasteiger partial charge in [-0.1, -0.05) is 20.8 Å². The van der Waals surface area contributed by atoms with E-state index in [0.717, 1.165) is 0 Å². The lowest BCUT2D eigenvalue weighted by Crippen LogP contribution is -2.27. The van der Waals surface area contributed by atoms with Crippen molar-refractivity contribution in [3.05, 3.63) is 30.1 Å². The van der Waals surface area contributed by atoms with Crippen LogP contribution in [0.3, 0.4) is 0 Å². The lowest BCUT2D eigenvalue weighted by Gasteiger charge is -2.24. The first-order valence-corrected chi connectivity index (χ1v) is 6.28. The Balaban J connectivity index is 2.62. The van der Waals surface area contributed by atoms with Crippen molar-refractivity contribution in [2.24, 2.45) is 11.3 Å². The van der Waals surface area contributed by atoms with Gasteiger partial charge in [-0.25, -0.2) is 4.39 Å². The average Bonchev–Trinajstić information content (AvgIpc) is 2.34. The van der Waals surface area contributed by atoms with Gasteiger partial charge < -0.3 is 9.47 Å². The quantitative estimate of drug-likeness (QED) is 0.767. The van der Waals surface area contributed by atoms with Crippen LogP contribution in [-0.2, 0) is 9.53 Å². The van der Waals surface area contributed by atoms with Gasteiger partial charge in [0.15, 0.2) is 0 Å². The fourth-order valence-electron chi connectivity index (χ4n) is 1.84. The van der Waals surface area contributed by atoms with Crippen molar-refractivity contribution in [2.75, 3.05) is 13.7 Å². The van der Waals surface area contributed by atoms with Crippen LogP contribution in [0.2, 0.25) is 0 Å². The van der Waals surface area contributed by atoms with Gasteiger partial charge >= 0.3 is 5.97 Å². The molecular weight excluding hydrogens is 247 g/mol. The van der Waals surface area contributed by atoms with Gasteiger partial charge in [0.05, 0.1) is 13.0 Å². The summed E-state index contributed by atoms with van der Waals surface area (Å²) in [6, 6.07) is 5.74. The first kappa shape index (κ1) is 15.5. The monoisotopic (exact) mass is 268 g/mol. The van der Waals surface area contributed by atoms with Crippen LogP contribution in [0, 0.1) is 17.2 Å². The van der Waals surface area contributed by atoms with Crippen LogP contribution in [0.1, 0.15) is 27.2 Å². The second-order valence-electron chi connectivity index (χ2n) is 5.75. The Morgan fingerprint density at radius 2 is 1.84 bits per heavy atom. The first-order valence-electron chi connectivity index (χ1n) is 6.28. The van der Waals surface area contributed by atoms with Crippen molar-refractivity contribution in [2.45, 2.75) is 27.2 Å². The molecule has 1 unspecified atom stereocenters. The molecule has 0 aliphatic heterocycles. The van der Waals surface area contributed by atoms with Gasteiger partial charge in [-0.15, -0.1) is 0 Å². The van der Waals surface area contributed by atoms with E-state index in [1.54, 1.807) is 12.1 Å². The molecular formula is C15H21FO3. The minimum Gasteiger partial charge on any atom is -0.493 e. The summed E-state index contributed by atoms with van der Waals surface area (Å²) in [5, 5.41) is 0. The Kier molecular flexibility index (Phi) is 5.33. The van der Waals surface area contributed by atoms with Crippen LogP contribution in [0.5, 0.6) is 5.75 Å². The zero-order valence-electron chi connectivity index (χ0n) is 11.9. The number of hydrogen-bond donors (Lipinski definition) is 0. The van der Waals surface area contributed by atoms with E-state index in [0.29, 0.717) is 12.2 Å². The summed E-state index contributed by atoms with van der Waals surface area (Å²) < 4.78 is 23.1. The smallest absolute Gasteiger partial charge is 0.312 e. The second-order valence-corrected chi connectivity index (χ2v) is 5.75. The molecule has 4 heteroatoms. The molecule has 0 radical (unpaired) electrons. The molecule has 0 amide bonds. The molecule has 0 fully saturated rings. The summed E-state index contributed by atoms with van der Waals surface area (Å²) in [4.78, 5) is 11.7. The van der Waals surface area contributed by atoms with Crippen LogP contribution < -0.4 is 4.74 Å². The highest BCUT2D eigenvalue weighted by atomic mass is 19.1. The van der Waals surface area contributed by atoms with E-state index in [1.165, 1.54) is 19.2 Å². The van der Waals surface area contributed by atoms with E-state index in [4.69, 9.17) is 9.47 Å². The van der Waals surface area contributed by atoms with Crippen LogP contribution in [-0.4, -0.2) is 19.7 Å². The highest BCUT2D eigenvalue weighted by molar-refractivity contribution is 5.72. The van der Waals surface area contributed by atoms with Gasteiger partial charge in [-0.2, -0.15) is 0 Å². The minimum absolute atomic E-state index is 0.00497. The molecule has 1 aromatic carbocycles. The molecule has 0 bridgehead atoms. The van der Waals surface area contributed by atoms with Crippen molar-refractivity contribution in [1.82, 2.24) is 0 Å². The summed E-state index contributed by atoms with van der Waals surface area (Å²) >= 11 is 0. The summed E-state index contributed by atoms with van der Waals surface area (Å²) in [6.45, 7) is 6.40. The molecule has 0 saturated heterocycles. The zero-order valence-corrected chi connectivity index (χ0v) is 11.9. The van der Waals surface area contributed by atoms with E-state index in [9.17, 15) is 9.18 Å². The number of esters is 1. The summed E-state index contributed by atoms with van der Waals surface area (Å²) in [7, 11) is 1.37. The Bertz CT molecular complexity index is 406.